The molecule has 0 saturated carbocycles. The van der Waals surface area contributed by atoms with Crippen LogP contribution in [0.15, 0.2) is 0 Å². The number of hydrogen-bond donors (Lipinski definition) is 1. The van der Waals surface area contributed by atoms with E-state index in [4.69, 9.17) is 0 Å². The first-order valence-corrected chi connectivity index (χ1v) is 5.86. The maximum atomic E-state index is 11.7. The first-order valence-electron chi connectivity index (χ1n) is 4.15. The quantitative estimate of drug-likeness (QED) is 0.693. The molecule has 1 aliphatic heterocycles. The van der Waals surface area contributed by atoms with Gasteiger partial charge in [-0.1, -0.05) is 0 Å². The topological polar surface area (TPSA) is 46.2 Å². The summed E-state index contributed by atoms with van der Waals surface area (Å²) >= 11 is 0. The summed E-state index contributed by atoms with van der Waals surface area (Å²) in [6.45, 7) is 0.757. The second kappa shape index (κ2) is 4.18. The molecule has 1 N–H and O–H groups in total. The van der Waals surface area contributed by atoms with Gasteiger partial charge in [0, 0.05) is 6.54 Å². The molecular weight excluding hydrogens is 181 g/mol. The number of hydrogen-bond acceptors (Lipinski definition) is 3. The van der Waals surface area contributed by atoms with Crippen molar-refractivity contribution >= 4 is 9.84 Å². The predicted molar refractivity (Wildman–Crippen MR) is 45.7 cm³/mol. The lowest BCUT2D eigenvalue weighted by Gasteiger charge is -2.08. The van der Waals surface area contributed by atoms with Crippen molar-refractivity contribution in [1.29, 1.82) is 0 Å². The van der Waals surface area contributed by atoms with E-state index in [1.807, 2.05) is 0 Å². The molecule has 1 atom stereocenters. The second-order valence-corrected chi connectivity index (χ2v) is 5.42. The summed E-state index contributed by atoms with van der Waals surface area (Å²) < 4.78 is 34.5. The molecule has 72 valence electrons. The van der Waals surface area contributed by atoms with Crippen LogP contribution < -0.4 is 5.32 Å². The van der Waals surface area contributed by atoms with Crippen molar-refractivity contribution in [2.24, 2.45) is 0 Å². The first-order chi connectivity index (χ1) is 5.67. The van der Waals surface area contributed by atoms with E-state index >= 15 is 0 Å². The highest BCUT2D eigenvalue weighted by Crippen LogP contribution is 2.11. The van der Waals surface area contributed by atoms with Crippen LogP contribution in [0.4, 0.5) is 4.39 Å². The third-order valence-corrected chi connectivity index (χ3v) is 4.36. The first kappa shape index (κ1) is 9.92. The zero-order valence-corrected chi connectivity index (χ0v) is 7.74. The maximum Gasteiger partial charge on any atom is 0.154 e. The Labute approximate surface area is 72.3 Å². The zero-order chi connectivity index (χ0) is 9.03. The Morgan fingerprint density at radius 1 is 1.50 bits per heavy atom. The van der Waals surface area contributed by atoms with Crippen molar-refractivity contribution in [3.63, 3.8) is 0 Å². The molecule has 1 rings (SSSR count). The number of nitrogens with one attached hydrogen (secondary N) is 1. The number of halogens is 1. The molecule has 1 aliphatic rings. The minimum absolute atomic E-state index is 0.00412. The van der Waals surface area contributed by atoms with Crippen LogP contribution in [-0.2, 0) is 9.84 Å². The molecule has 0 radical (unpaired) electrons. The Hall–Kier alpha value is -0.160. The molecule has 0 aliphatic carbocycles. The molecule has 3 nitrogen and oxygen atoms in total. The molecule has 0 aromatic carbocycles. The van der Waals surface area contributed by atoms with Gasteiger partial charge >= 0.3 is 0 Å². The van der Waals surface area contributed by atoms with Crippen LogP contribution in [0.2, 0.25) is 0 Å². The Bertz CT molecular complexity index is 222. The van der Waals surface area contributed by atoms with Gasteiger partial charge in [0.25, 0.3) is 0 Å². The van der Waals surface area contributed by atoms with Crippen molar-refractivity contribution < 1.29 is 12.8 Å². The van der Waals surface area contributed by atoms with E-state index in [1.165, 1.54) is 0 Å². The van der Waals surface area contributed by atoms with Gasteiger partial charge in [0.2, 0.25) is 0 Å². The Balaban J connectivity index is 2.46. The van der Waals surface area contributed by atoms with Crippen molar-refractivity contribution in [2.45, 2.75) is 18.1 Å². The largest absolute Gasteiger partial charge is 0.315 e. The van der Waals surface area contributed by atoms with E-state index in [1.54, 1.807) is 0 Å². The van der Waals surface area contributed by atoms with Crippen LogP contribution in [-0.4, -0.2) is 39.2 Å². The van der Waals surface area contributed by atoms with Crippen LogP contribution in [0.5, 0.6) is 0 Å². The highest BCUT2D eigenvalue weighted by Gasteiger charge is 2.27. The summed E-state index contributed by atoms with van der Waals surface area (Å²) in [5.74, 6) is -0.00412. The van der Waals surface area contributed by atoms with E-state index in [2.05, 4.69) is 5.32 Å². The maximum absolute atomic E-state index is 11.7. The van der Waals surface area contributed by atoms with E-state index in [0.29, 0.717) is 13.0 Å². The zero-order valence-electron chi connectivity index (χ0n) is 6.92. The molecule has 0 amide bonds. The molecule has 0 bridgehead atoms. The summed E-state index contributed by atoms with van der Waals surface area (Å²) in [5.41, 5.74) is 0. The standard InChI is InChI=1S/C7H14FNO2S/c8-3-1-5-12(10,11)7-2-4-9-6-7/h7,9H,1-6H2. The summed E-state index contributed by atoms with van der Waals surface area (Å²) in [6.07, 6.45) is 0.813. The fourth-order valence-corrected chi connectivity index (χ4v) is 3.05. The average Bonchev–Trinajstić information content (AvgIpc) is 2.53. The third-order valence-electron chi connectivity index (χ3n) is 2.09. The van der Waals surface area contributed by atoms with Crippen LogP contribution in [0.1, 0.15) is 12.8 Å². The lowest BCUT2D eigenvalue weighted by molar-refractivity contribution is 0.483. The normalized spacial score (nSPS) is 24.6. The van der Waals surface area contributed by atoms with Crippen LogP contribution in [0.25, 0.3) is 0 Å². The summed E-state index contributed by atoms with van der Waals surface area (Å²) in [5, 5.41) is 2.71. The third kappa shape index (κ3) is 2.42. The van der Waals surface area contributed by atoms with E-state index in [-0.39, 0.29) is 17.4 Å². The molecule has 1 heterocycles. The molecule has 1 saturated heterocycles. The Morgan fingerprint density at radius 3 is 2.75 bits per heavy atom. The molecule has 0 aromatic heterocycles. The summed E-state index contributed by atoms with van der Waals surface area (Å²) in [7, 11) is -3.02. The Kier molecular flexibility index (Phi) is 3.46. The van der Waals surface area contributed by atoms with E-state index in [9.17, 15) is 12.8 Å². The molecule has 1 unspecified atom stereocenters. The number of sulfone groups is 1. The van der Waals surface area contributed by atoms with Gasteiger partial charge in [-0.05, 0) is 19.4 Å². The van der Waals surface area contributed by atoms with Crippen LogP contribution in [0.3, 0.4) is 0 Å². The van der Waals surface area contributed by atoms with Crippen molar-refractivity contribution in [3.8, 4) is 0 Å². The van der Waals surface area contributed by atoms with Crippen molar-refractivity contribution in [3.05, 3.63) is 0 Å². The van der Waals surface area contributed by atoms with Crippen molar-refractivity contribution in [2.75, 3.05) is 25.5 Å². The van der Waals surface area contributed by atoms with Gasteiger partial charge in [-0.15, -0.1) is 0 Å². The fraction of sp³-hybridized carbons (Fsp3) is 1.00. The average molecular weight is 195 g/mol. The molecular formula is C7H14FNO2S. The summed E-state index contributed by atoms with van der Waals surface area (Å²) in [4.78, 5) is 0. The molecule has 5 heteroatoms. The highest BCUT2D eigenvalue weighted by atomic mass is 32.2. The van der Waals surface area contributed by atoms with E-state index < -0.39 is 16.5 Å². The monoisotopic (exact) mass is 195 g/mol. The molecule has 12 heavy (non-hydrogen) atoms. The smallest absolute Gasteiger partial charge is 0.154 e. The lowest BCUT2D eigenvalue weighted by Crippen LogP contribution is -2.26. The molecule has 0 spiro atoms. The van der Waals surface area contributed by atoms with Gasteiger partial charge in [-0.25, -0.2) is 8.42 Å². The van der Waals surface area contributed by atoms with Gasteiger partial charge < -0.3 is 5.32 Å². The Morgan fingerprint density at radius 2 is 2.25 bits per heavy atom. The number of alkyl halides is 1. The van der Waals surface area contributed by atoms with Gasteiger partial charge in [-0.2, -0.15) is 0 Å². The van der Waals surface area contributed by atoms with Gasteiger partial charge in [0.15, 0.2) is 9.84 Å². The van der Waals surface area contributed by atoms with Gasteiger partial charge in [-0.3, -0.25) is 4.39 Å². The number of rotatable bonds is 4. The minimum atomic E-state index is -3.02. The van der Waals surface area contributed by atoms with Gasteiger partial charge in [0.05, 0.1) is 17.7 Å². The summed E-state index contributed by atoms with van der Waals surface area (Å²) in [6, 6.07) is 0. The van der Waals surface area contributed by atoms with E-state index in [0.717, 1.165) is 6.54 Å². The molecule has 0 aromatic rings. The second-order valence-electron chi connectivity index (χ2n) is 3.02. The molecule has 1 fully saturated rings. The predicted octanol–water partition coefficient (Wildman–Crippen LogP) is 0.123. The van der Waals surface area contributed by atoms with Crippen LogP contribution >= 0.6 is 0 Å². The van der Waals surface area contributed by atoms with Crippen LogP contribution in [0, 0.1) is 0 Å². The fourth-order valence-electron chi connectivity index (χ4n) is 1.36. The van der Waals surface area contributed by atoms with Crippen molar-refractivity contribution in [1.82, 2.24) is 5.32 Å². The minimum Gasteiger partial charge on any atom is -0.315 e. The SMILES string of the molecule is O=S(=O)(CCCF)C1CCNC1. The highest BCUT2D eigenvalue weighted by molar-refractivity contribution is 7.92. The van der Waals surface area contributed by atoms with Gasteiger partial charge in [0.1, 0.15) is 0 Å². The lowest BCUT2D eigenvalue weighted by atomic mass is 10.4.